The number of aromatic carboxylic acids is 1. The van der Waals surface area contributed by atoms with Crippen LogP contribution in [0.25, 0.3) is 10.8 Å². The molecule has 178 valence electrons. The van der Waals surface area contributed by atoms with Gasteiger partial charge in [0.1, 0.15) is 11.9 Å². The summed E-state index contributed by atoms with van der Waals surface area (Å²) < 4.78 is 6.39. The van der Waals surface area contributed by atoms with Crippen LogP contribution in [0, 0.1) is 6.92 Å². The number of carbonyl (C=O) groups is 1. The topological polar surface area (TPSA) is 58.6 Å². The van der Waals surface area contributed by atoms with Crippen LogP contribution in [0.2, 0.25) is 0 Å². The molecule has 1 aliphatic heterocycles. The third-order valence-corrected chi connectivity index (χ3v) is 7.19. The molecule has 0 aliphatic carbocycles. The van der Waals surface area contributed by atoms with Gasteiger partial charge in [-0.15, -0.1) is 0 Å². The van der Waals surface area contributed by atoms with Crippen molar-refractivity contribution in [1.82, 2.24) is 5.32 Å². The van der Waals surface area contributed by atoms with Gasteiger partial charge in [-0.3, -0.25) is 0 Å². The maximum atomic E-state index is 11.7. The van der Waals surface area contributed by atoms with Gasteiger partial charge in [0.05, 0.1) is 5.56 Å². The third-order valence-electron chi connectivity index (χ3n) is 7.19. The lowest BCUT2D eigenvalue weighted by molar-refractivity contribution is 0.0696. The molecule has 0 amide bonds. The molecule has 0 saturated carbocycles. The Kier molecular flexibility index (Phi) is 6.56. The van der Waals surface area contributed by atoms with Gasteiger partial charge < -0.3 is 15.2 Å². The minimum Gasteiger partial charge on any atom is -0.490 e. The molecule has 3 atom stereocenters. The van der Waals surface area contributed by atoms with Crippen molar-refractivity contribution in [2.45, 2.75) is 44.8 Å². The van der Waals surface area contributed by atoms with Crippen molar-refractivity contribution in [2.24, 2.45) is 0 Å². The van der Waals surface area contributed by atoms with Crippen molar-refractivity contribution in [2.75, 3.05) is 6.54 Å². The molecule has 0 fully saturated rings. The zero-order valence-corrected chi connectivity index (χ0v) is 20.2. The number of carboxylic acid groups (broad SMARTS) is 1. The van der Waals surface area contributed by atoms with Crippen LogP contribution in [-0.2, 0) is 0 Å². The SMILES string of the molecule is Cc1ccc([C@@H]2C[C@H](CCN[C@H](C)c3cccc4ccccc34)Oc3ccccc32)cc1C(=O)O. The predicted molar refractivity (Wildman–Crippen MR) is 140 cm³/mol. The van der Waals surface area contributed by atoms with E-state index in [1.54, 1.807) is 0 Å². The quantitative estimate of drug-likeness (QED) is 0.313. The first kappa shape index (κ1) is 23.1. The van der Waals surface area contributed by atoms with Gasteiger partial charge in [-0.25, -0.2) is 4.79 Å². The lowest BCUT2D eigenvalue weighted by Crippen LogP contribution is -2.31. The molecule has 0 bridgehead atoms. The summed E-state index contributed by atoms with van der Waals surface area (Å²) in [5, 5.41) is 15.9. The zero-order valence-electron chi connectivity index (χ0n) is 20.2. The van der Waals surface area contributed by atoms with Crippen LogP contribution in [0.5, 0.6) is 5.75 Å². The number of nitrogens with one attached hydrogen (secondary N) is 1. The molecule has 4 aromatic carbocycles. The molecule has 4 heteroatoms. The maximum Gasteiger partial charge on any atom is 0.335 e. The number of hydrogen-bond acceptors (Lipinski definition) is 3. The van der Waals surface area contributed by atoms with E-state index in [0.717, 1.165) is 41.8 Å². The molecule has 5 rings (SSSR count). The first-order valence-electron chi connectivity index (χ1n) is 12.3. The zero-order chi connectivity index (χ0) is 24.4. The Labute approximate surface area is 206 Å². The number of aryl methyl sites for hydroxylation is 1. The second kappa shape index (κ2) is 9.93. The van der Waals surface area contributed by atoms with E-state index in [0.29, 0.717) is 5.56 Å². The van der Waals surface area contributed by atoms with Crippen LogP contribution in [-0.4, -0.2) is 23.7 Å². The van der Waals surface area contributed by atoms with E-state index >= 15 is 0 Å². The average Bonchev–Trinajstić information content (AvgIpc) is 2.88. The fourth-order valence-electron chi connectivity index (χ4n) is 5.27. The van der Waals surface area contributed by atoms with E-state index in [4.69, 9.17) is 4.74 Å². The van der Waals surface area contributed by atoms with Crippen LogP contribution in [0.4, 0.5) is 0 Å². The summed E-state index contributed by atoms with van der Waals surface area (Å²) >= 11 is 0. The summed E-state index contributed by atoms with van der Waals surface area (Å²) in [6.07, 6.45) is 1.75. The van der Waals surface area contributed by atoms with E-state index in [1.165, 1.54) is 16.3 Å². The number of benzene rings is 4. The summed E-state index contributed by atoms with van der Waals surface area (Å²) in [6, 6.07) is 29.1. The van der Waals surface area contributed by atoms with Crippen LogP contribution in [0.15, 0.2) is 84.9 Å². The fraction of sp³-hybridized carbons (Fsp3) is 0.258. The van der Waals surface area contributed by atoms with Crippen molar-refractivity contribution in [3.8, 4) is 5.75 Å². The number of rotatable bonds is 7. The molecule has 0 spiro atoms. The first-order valence-corrected chi connectivity index (χ1v) is 12.3. The van der Waals surface area contributed by atoms with Gasteiger partial charge in [-0.1, -0.05) is 72.8 Å². The minimum atomic E-state index is -0.882. The largest absolute Gasteiger partial charge is 0.490 e. The average molecular weight is 466 g/mol. The lowest BCUT2D eigenvalue weighted by Gasteiger charge is -2.33. The van der Waals surface area contributed by atoms with E-state index in [-0.39, 0.29) is 18.1 Å². The standard InChI is InChI=1S/C31H31NO3/c1-20-14-15-23(18-28(20)31(33)34)29-19-24(35-30-13-6-5-11-27(29)30)16-17-32-21(2)25-12-7-9-22-8-3-4-10-26(22)25/h3-15,18,21,24,29,32H,16-17,19H2,1-2H3,(H,33,34)/t21-,24+,29+/m1/s1. The second-order valence-corrected chi connectivity index (χ2v) is 9.48. The van der Waals surface area contributed by atoms with Crippen molar-refractivity contribution >= 4 is 16.7 Å². The van der Waals surface area contributed by atoms with Gasteiger partial charge in [-0.2, -0.15) is 0 Å². The van der Waals surface area contributed by atoms with Gasteiger partial charge >= 0.3 is 5.97 Å². The van der Waals surface area contributed by atoms with Crippen molar-refractivity contribution in [3.63, 3.8) is 0 Å². The first-order chi connectivity index (χ1) is 17.0. The van der Waals surface area contributed by atoms with Gasteiger partial charge in [-0.05, 0) is 72.8 Å². The number of ether oxygens (including phenoxy) is 1. The second-order valence-electron chi connectivity index (χ2n) is 9.48. The van der Waals surface area contributed by atoms with Gasteiger partial charge in [0, 0.05) is 17.5 Å². The monoisotopic (exact) mass is 465 g/mol. The van der Waals surface area contributed by atoms with Crippen LogP contribution in [0.3, 0.4) is 0 Å². The highest BCUT2D eigenvalue weighted by Gasteiger charge is 2.29. The smallest absolute Gasteiger partial charge is 0.335 e. The minimum absolute atomic E-state index is 0.0525. The van der Waals surface area contributed by atoms with Crippen molar-refractivity contribution in [1.29, 1.82) is 0 Å². The highest BCUT2D eigenvalue weighted by Crippen LogP contribution is 2.41. The van der Waals surface area contributed by atoms with E-state index in [9.17, 15) is 9.90 Å². The Balaban J connectivity index is 1.31. The number of para-hydroxylation sites is 1. The molecule has 1 heterocycles. The van der Waals surface area contributed by atoms with Gasteiger partial charge in [0.15, 0.2) is 0 Å². The molecule has 35 heavy (non-hydrogen) atoms. The molecule has 2 N–H and O–H groups in total. The van der Waals surface area contributed by atoms with Crippen LogP contribution < -0.4 is 10.1 Å². The Morgan fingerprint density at radius 3 is 2.66 bits per heavy atom. The highest BCUT2D eigenvalue weighted by atomic mass is 16.5. The normalized spacial score (nSPS) is 18.0. The predicted octanol–water partition coefficient (Wildman–Crippen LogP) is 6.87. The number of hydrogen-bond donors (Lipinski definition) is 2. The Morgan fingerprint density at radius 1 is 1.03 bits per heavy atom. The molecule has 0 saturated heterocycles. The maximum absolute atomic E-state index is 11.7. The fourth-order valence-corrected chi connectivity index (χ4v) is 5.27. The highest BCUT2D eigenvalue weighted by molar-refractivity contribution is 5.89. The Morgan fingerprint density at radius 2 is 1.80 bits per heavy atom. The molecule has 0 unspecified atom stereocenters. The molecule has 4 aromatic rings. The third kappa shape index (κ3) is 4.80. The molecule has 0 aromatic heterocycles. The van der Waals surface area contributed by atoms with Gasteiger partial charge in [0.25, 0.3) is 0 Å². The van der Waals surface area contributed by atoms with Crippen LogP contribution in [0.1, 0.15) is 64.3 Å². The molecular weight excluding hydrogens is 434 g/mol. The van der Waals surface area contributed by atoms with E-state index in [1.807, 2.05) is 37.3 Å². The van der Waals surface area contributed by atoms with Crippen molar-refractivity contribution in [3.05, 3.63) is 113 Å². The van der Waals surface area contributed by atoms with Crippen LogP contribution >= 0.6 is 0 Å². The molecule has 0 radical (unpaired) electrons. The number of fused-ring (bicyclic) bond motifs is 2. The summed E-state index contributed by atoms with van der Waals surface area (Å²) in [7, 11) is 0. The number of carboxylic acids is 1. The van der Waals surface area contributed by atoms with Gasteiger partial charge in [0.2, 0.25) is 0 Å². The Bertz CT molecular complexity index is 1360. The summed E-state index contributed by atoms with van der Waals surface area (Å²) in [6.45, 7) is 4.89. The molecule has 4 nitrogen and oxygen atoms in total. The molecule has 1 aliphatic rings. The summed E-state index contributed by atoms with van der Waals surface area (Å²) in [5.74, 6) is 0.125. The Hall–Kier alpha value is -3.63. The van der Waals surface area contributed by atoms with E-state index < -0.39 is 5.97 Å². The lowest BCUT2D eigenvalue weighted by atomic mass is 9.82. The summed E-state index contributed by atoms with van der Waals surface area (Å²) in [4.78, 5) is 11.7. The van der Waals surface area contributed by atoms with E-state index in [2.05, 4.69) is 66.8 Å². The van der Waals surface area contributed by atoms with Crippen molar-refractivity contribution < 1.29 is 14.6 Å². The summed E-state index contributed by atoms with van der Waals surface area (Å²) in [5.41, 5.74) is 4.61. The molecular formula is C31H31NO3.